The molecular formula is C15H15Cl2NO. The number of aryl methyl sites for hydroxylation is 1. The predicted octanol–water partition coefficient (Wildman–Crippen LogP) is 4.92. The molecule has 0 heterocycles. The van der Waals surface area contributed by atoms with Crippen LogP contribution in [0.25, 0.3) is 0 Å². The minimum absolute atomic E-state index is 0.524. The Labute approximate surface area is 123 Å². The van der Waals surface area contributed by atoms with Crippen LogP contribution in [0.3, 0.4) is 0 Å². The number of anilines is 1. The van der Waals surface area contributed by atoms with Crippen molar-refractivity contribution >= 4 is 28.9 Å². The molecule has 0 radical (unpaired) electrons. The summed E-state index contributed by atoms with van der Waals surface area (Å²) in [5, 5.41) is 4.46. The van der Waals surface area contributed by atoms with Gasteiger partial charge in [-0.1, -0.05) is 35.3 Å². The summed E-state index contributed by atoms with van der Waals surface area (Å²) in [4.78, 5) is 0. The van der Waals surface area contributed by atoms with Crippen molar-refractivity contribution in [3.05, 3.63) is 57.6 Å². The van der Waals surface area contributed by atoms with Gasteiger partial charge < -0.3 is 10.1 Å². The van der Waals surface area contributed by atoms with Gasteiger partial charge in [0.25, 0.3) is 0 Å². The van der Waals surface area contributed by atoms with Crippen LogP contribution in [0.5, 0.6) is 5.75 Å². The highest BCUT2D eigenvalue weighted by molar-refractivity contribution is 6.35. The minimum Gasteiger partial charge on any atom is -0.495 e. The van der Waals surface area contributed by atoms with E-state index in [2.05, 4.69) is 24.4 Å². The van der Waals surface area contributed by atoms with E-state index in [9.17, 15) is 0 Å². The van der Waals surface area contributed by atoms with Crippen LogP contribution in [0.15, 0.2) is 36.4 Å². The summed E-state index contributed by atoms with van der Waals surface area (Å²) in [6, 6.07) is 11.7. The Kier molecular flexibility index (Phi) is 4.56. The first kappa shape index (κ1) is 14.0. The predicted molar refractivity (Wildman–Crippen MR) is 81.5 cm³/mol. The molecule has 0 aromatic heterocycles. The van der Waals surface area contributed by atoms with E-state index in [1.165, 1.54) is 5.56 Å². The van der Waals surface area contributed by atoms with E-state index in [4.69, 9.17) is 27.9 Å². The SMILES string of the molecule is COc1c(Cl)cc(Cl)cc1CNc1cccc(C)c1. The average Bonchev–Trinajstić information content (AvgIpc) is 2.36. The quantitative estimate of drug-likeness (QED) is 0.864. The molecule has 0 amide bonds. The first-order chi connectivity index (χ1) is 9.10. The zero-order valence-corrected chi connectivity index (χ0v) is 12.3. The molecule has 0 aliphatic rings. The van der Waals surface area contributed by atoms with Crippen LogP contribution in [0.2, 0.25) is 10.0 Å². The minimum atomic E-state index is 0.524. The Bertz CT molecular complexity index is 584. The number of halogens is 2. The van der Waals surface area contributed by atoms with Crippen molar-refractivity contribution in [2.45, 2.75) is 13.5 Å². The number of ether oxygens (including phenoxy) is 1. The van der Waals surface area contributed by atoms with Gasteiger partial charge in [-0.15, -0.1) is 0 Å². The van der Waals surface area contributed by atoms with E-state index in [1.54, 1.807) is 13.2 Å². The largest absolute Gasteiger partial charge is 0.495 e. The molecule has 100 valence electrons. The second-order valence-electron chi connectivity index (χ2n) is 4.30. The van der Waals surface area contributed by atoms with Crippen molar-refractivity contribution in [3.63, 3.8) is 0 Å². The highest BCUT2D eigenvalue weighted by Crippen LogP contribution is 2.32. The van der Waals surface area contributed by atoms with Crippen LogP contribution in [-0.4, -0.2) is 7.11 Å². The maximum absolute atomic E-state index is 6.10. The van der Waals surface area contributed by atoms with E-state index in [-0.39, 0.29) is 0 Å². The molecule has 4 heteroatoms. The molecule has 1 N–H and O–H groups in total. The van der Waals surface area contributed by atoms with Gasteiger partial charge in [-0.25, -0.2) is 0 Å². The van der Waals surface area contributed by atoms with Crippen molar-refractivity contribution in [2.75, 3.05) is 12.4 Å². The third kappa shape index (κ3) is 3.55. The number of hydrogen-bond acceptors (Lipinski definition) is 2. The third-order valence-electron chi connectivity index (χ3n) is 2.79. The van der Waals surface area contributed by atoms with Crippen molar-refractivity contribution < 1.29 is 4.74 Å². The molecule has 0 atom stereocenters. The topological polar surface area (TPSA) is 21.3 Å². The number of nitrogens with one attached hydrogen (secondary N) is 1. The lowest BCUT2D eigenvalue weighted by Crippen LogP contribution is -2.02. The molecule has 0 unspecified atom stereocenters. The van der Waals surface area contributed by atoms with Crippen molar-refractivity contribution in [1.82, 2.24) is 0 Å². The van der Waals surface area contributed by atoms with Gasteiger partial charge in [-0.2, -0.15) is 0 Å². The Morgan fingerprint density at radius 3 is 2.63 bits per heavy atom. The lowest BCUT2D eigenvalue weighted by molar-refractivity contribution is 0.410. The molecule has 2 nitrogen and oxygen atoms in total. The van der Waals surface area contributed by atoms with Gasteiger partial charge in [-0.05, 0) is 36.8 Å². The fraction of sp³-hybridized carbons (Fsp3) is 0.200. The van der Waals surface area contributed by atoms with E-state index >= 15 is 0 Å². The van der Waals surface area contributed by atoms with Gasteiger partial charge in [0.05, 0.1) is 12.1 Å². The molecule has 0 fully saturated rings. The summed E-state index contributed by atoms with van der Waals surface area (Å²) in [6.45, 7) is 2.66. The van der Waals surface area contributed by atoms with Crippen LogP contribution in [0, 0.1) is 6.92 Å². The standard InChI is InChI=1S/C15H15Cl2NO/c1-10-4-3-5-13(6-10)18-9-11-7-12(16)8-14(17)15(11)19-2/h3-8,18H,9H2,1-2H3. The molecule has 2 rings (SSSR count). The second kappa shape index (κ2) is 6.18. The van der Waals surface area contributed by atoms with Crippen LogP contribution < -0.4 is 10.1 Å². The smallest absolute Gasteiger partial charge is 0.142 e. The summed E-state index contributed by atoms with van der Waals surface area (Å²) in [7, 11) is 1.60. The molecule has 0 spiro atoms. The van der Waals surface area contributed by atoms with Crippen molar-refractivity contribution in [2.24, 2.45) is 0 Å². The molecule has 0 aliphatic carbocycles. The highest BCUT2D eigenvalue weighted by Gasteiger charge is 2.09. The van der Waals surface area contributed by atoms with E-state index in [0.29, 0.717) is 22.3 Å². The van der Waals surface area contributed by atoms with Crippen molar-refractivity contribution in [3.8, 4) is 5.75 Å². The molecule has 19 heavy (non-hydrogen) atoms. The fourth-order valence-corrected chi connectivity index (χ4v) is 2.54. The maximum atomic E-state index is 6.10. The fourth-order valence-electron chi connectivity index (χ4n) is 1.93. The summed E-state index contributed by atoms with van der Waals surface area (Å²) >= 11 is 12.1. The average molecular weight is 296 g/mol. The molecule has 2 aromatic carbocycles. The van der Waals surface area contributed by atoms with Crippen LogP contribution >= 0.6 is 23.2 Å². The first-order valence-corrected chi connectivity index (χ1v) is 6.68. The molecule has 0 bridgehead atoms. The van der Waals surface area contributed by atoms with Crippen molar-refractivity contribution in [1.29, 1.82) is 0 Å². The number of hydrogen-bond donors (Lipinski definition) is 1. The highest BCUT2D eigenvalue weighted by atomic mass is 35.5. The Morgan fingerprint density at radius 2 is 1.95 bits per heavy atom. The molecule has 0 aliphatic heterocycles. The monoisotopic (exact) mass is 295 g/mol. The zero-order valence-electron chi connectivity index (χ0n) is 10.8. The van der Waals surface area contributed by atoms with Gasteiger partial charge in [0.1, 0.15) is 5.75 Å². The third-order valence-corrected chi connectivity index (χ3v) is 3.29. The van der Waals surface area contributed by atoms with Gasteiger partial charge in [0, 0.05) is 22.8 Å². The Hall–Kier alpha value is -1.38. The molecular weight excluding hydrogens is 281 g/mol. The summed E-state index contributed by atoms with van der Waals surface area (Å²) in [6.07, 6.45) is 0. The second-order valence-corrected chi connectivity index (χ2v) is 5.15. The molecule has 0 saturated carbocycles. The van der Waals surface area contributed by atoms with Gasteiger partial charge in [0.15, 0.2) is 0 Å². The number of benzene rings is 2. The van der Waals surface area contributed by atoms with E-state index in [1.807, 2.05) is 18.2 Å². The van der Waals surface area contributed by atoms with Crippen LogP contribution in [0.4, 0.5) is 5.69 Å². The normalized spacial score (nSPS) is 10.3. The Balaban J connectivity index is 2.19. The zero-order chi connectivity index (χ0) is 13.8. The molecule has 2 aromatic rings. The summed E-state index contributed by atoms with van der Waals surface area (Å²) in [5.41, 5.74) is 3.20. The summed E-state index contributed by atoms with van der Waals surface area (Å²) < 4.78 is 5.31. The van der Waals surface area contributed by atoms with E-state index < -0.39 is 0 Å². The van der Waals surface area contributed by atoms with Gasteiger partial charge in [-0.3, -0.25) is 0 Å². The number of rotatable bonds is 4. The molecule has 0 saturated heterocycles. The maximum Gasteiger partial charge on any atom is 0.142 e. The summed E-state index contributed by atoms with van der Waals surface area (Å²) in [5.74, 6) is 0.659. The van der Waals surface area contributed by atoms with Crippen LogP contribution in [0.1, 0.15) is 11.1 Å². The lowest BCUT2D eigenvalue weighted by Gasteiger charge is -2.13. The number of methoxy groups -OCH3 is 1. The van der Waals surface area contributed by atoms with Gasteiger partial charge in [0.2, 0.25) is 0 Å². The lowest BCUT2D eigenvalue weighted by atomic mass is 10.1. The van der Waals surface area contributed by atoms with E-state index in [0.717, 1.165) is 11.3 Å². The van der Waals surface area contributed by atoms with Gasteiger partial charge >= 0.3 is 0 Å². The first-order valence-electron chi connectivity index (χ1n) is 5.92. The van der Waals surface area contributed by atoms with Crippen LogP contribution in [-0.2, 0) is 6.54 Å². The Morgan fingerprint density at radius 1 is 1.16 bits per heavy atom.